The van der Waals surface area contributed by atoms with E-state index in [4.69, 9.17) is 9.56 Å². The van der Waals surface area contributed by atoms with Crippen LogP contribution < -0.4 is 5.14 Å². The molecule has 1 atom stereocenters. The molecule has 2 saturated heterocycles. The van der Waals surface area contributed by atoms with Crippen molar-refractivity contribution in [2.24, 2.45) is 17.0 Å². The Kier molecular flexibility index (Phi) is 5.62. The number of piperidine rings is 2. The summed E-state index contributed by atoms with van der Waals surface area (Å²) in [6.07, 6.45) is 3.46. The van der Waals surface area contributed by atoms with Crippen LogP contribution in [0.5, 0.6) is 0 Å². The fourth-order valence-electron chi connectivity index (χ4n) is 3.95. The minimum Gasteiger partial charge on any atom is -0.448 e. The van der Waals surface area contributed by atoms with E-state index in [-0.39, 0.29) is 29.1 Å². The zero-order chi connectivity index (χ0) is 19.8. The molecular formula is C18H27N3O5S. The van der Waals surface area contributed by atoms with Gasteiger partial charge in [0.25, 0.3) is 15.9 Å². The number of aryl methyl sites for hydroxylation is 1. The van der Waals surface area contributed by atoms with Gasteiger partial charge in [-0.1, -0.05) is 6.92 Å². The number of hydrogen-bond donors (Lipinski definition) is 1. The summed E-state index contributed by atoms with van der Waals surface area (Å²) in [6.45, 7) is 6.29. The topological polar surface area (TPSA) is 114 Å². The van der Waals surface area contributed by atoms with Crippen LogP contribution in [0.4, 0.5) is 0 Å². The van der Waals surface area contributed by atoms with Crippen molar-refractivity contribution in [3.8, 4) is 0 Å². The highest BCUT2D eigenvalue weighted by molar-refractivity contribution is 7.89. The minimum atomic E-state index is -3.99. The molecule has 2 fully saturated rings. The van der Waals surface area contributed by atoms with Gasteiger partial charge in [0.2, 0.25) is 11.0 Å². The van der Waals surface area contributed by atoms with E-state index >= 15 is 0 Å². The Bertz CT molecular complexity index is 824. The second kappa shape index (κ2) is 7.63. The monoisotopic (exact) mass is 397 g/mol. The molecule has 2 aliphatic heterocycles. The van der Waals surface area contributed by atoms with E-state index in [1.54, 1.807) is 4.90 Å². The first-order chi connectivity index (χ1) is 12.7. The summed E-state index contributed by atoms with van der Waals surface area (Å²) >= 11 is 0. The first-order valence-electron chi connectivity index (χ1n) is 9.38. The Balaban J connectivity index is 1.61. The average Bonchev–Trinajstić information content (AvgIpc) is 3.03. The number of rotatable bonds is 3. The smallest absolute Gasteiger partial charge is 0.271 e. The number of likely N-dealkylation sites (tertiary alicyclic amines) is 2. The summed E-state index contributed by atoms with van der Waals surface area (Å²) in [5, 5.41) is 4.65. The predicted octanol–water partition coefficient (Wildman–Crippen LogP) is 1.35. The zero-order valence-corrected chi connectivity index (χ0v) is 16.6. The Morgan fingerprint density at radius 1 is 1.15 bits per heavy atom. The maximum absolute atomic E-state index is 12.7. The van der Waals surface area contributed by atoms with Gasteiger partial charge in [0.05, 0.1) is 5.56 Å². The molecule has 150 valence electrons. The van der Waals surface area contributed by atoms with Crippen LogP contribution in [0.15, 0.2) is 15.6 Å². The lowest BCUT2D eigenvalue weighted by Crippen LogP contribution is -2.47. The molecule has 3 heterocycles. The normalized spacial score (nSPS) is 22.1. The highest BCUT2D eigenvalue weighted by Crippen LogP contribution is 2.26. The molecule has 0 saturated carbocycles. The summed E-state index contributed by atoms with van der Waals surface area (Å²) in [5.74, 6) is 0.629. The molecule has 0 spiro atoms. The summed E-state index contributed by atoms with van der Waals surface area (Å²) in [4.78, 5) is 29.1. The van der Waals surface area contributed by atoms with Gasteiger partial charge in [-0.3, -0.25) is 9.59 Å². The van der Waals surface area contributed by atoms with Gasteiger partial charge in [-0.05, 0) is 38.5 Å². The number of carbonyl (C=O) groups excluding carboxylic acids is 2. The Morgan fingerprint density at radius 3 is 2.37 bits per heavy atom. The van der Waals surface area contributed by atoms with E-state index in [9.17, 15) is 18.0 Å². The van der Waals surface area contributed by atoms with E-state index in [2.05, 4.69) is 6.92 Å². The van der Waals surface area contributed by atoms with Crippen LogP contribution in [0.3, 0.4) is 0 Å². The highest BCUT2D eigenvalue weighted by atomic mass is 32.2. The van der Waals surface area contributed by atoms with Crippen LogP contribution in [0, 0.1) is 18.8 Å². The van der Waals surface area contributed by atoms with E-state index in [0.717, 1.165) is 19.5 Å². The summed E-state index contributed by atoms with van der Waals surface area (Å²) in [5.41, 5.74) is 0.202. The molecule has 2 N–H and O–H groups in total. The fourth-order valence-corrected chi connectivity index (χ4v) is 4.48. The first-order valence-corrected chi connectivity index (χ1v) is 10.9. The van der Waals surface area contributed by atoms with E-state index in [0.29, 0.717) is 31.8 Å². The zero-order valence-electron chi connectivity index (χ0n) is 15.8. The van der Waals surface area contributed by atoms with E-state index < -0.39 is 15.1 Å². The maximum atomic E-state index is 12.7. The summed E-state index contributed by atoms with van der Waals surface area (Å²) in [7, 11) is -3.99. The van der Waals surface area contributed by atoms with Crippen LogP contribution >= 0.6 is 0 Å². The van der Waals surface area contributed by atoms with Crippen molar-refractivity contribution < 1.29 is 22.4 Å². The van der Waals surface area contributed by atoms with Crippen molar-refractivity contribution in [2.45, 2.75) is 44.6 Å². The third-order valence-electron chi connectivity index (χ3n) is 5.51. The van der Waals surface area contributed by atoms with Crippen molar-refractivity contribution >= 4 is 21.8 Å². The van der Waals surface area contributed by atoms with Crippen LogP contribution in [0.1, 0.15) is 48.7 Å². The number of nitrogens with two attached hydrogens (primary N) is 1. The third-order valence-corrected chi connectivity index (χ3v) is 6.27. The quantitative estimate of drug-likeness (QED) is 0.827. The number of hydrogen-bond acceptors (Lipinski definition) is 5. The van der Waals surface area contributed by atoms with Gasteiger partial charge in [-0.2, -0.15) is 0 Å². The molecule has 8 nitrogen and oxygen atoms in total. The Labute approximate surface area is 159 Å². The molecule has 0 radical (unpaired) electrons. The van der Waals surface area contributed by atoms with Gasteiger partial charge in [0.1, 0.15) is 5.76 Å². The molecule has 27 heavy (non-hydrogen) atoms. The van der Waals surface area contributed by atoms with Gasteiger partial charge >= 0.3 is 0 Å². The van der Waals surface area contributed by atoms with Crippen molar-refractivity contribution in [1.29, 1.82) is 0 Å². The second-order valence-electron chi connectivity index (χ2n) is 7.68. The third kappa shape index (κ3) is 4.35. The summed E-state index contributed by atoms with van der Waals surface area (Å²) < 4.78 is 27.9. The van der Waals surface area contributed by atoms with E-state index in [1.165, 1.54) is 19.4 Å². The molecule has 1 unspecified atom stereocenters. The van der Waals surface area contributed by atoms with Crippen LogP contribution in [-0.2, 0) is 14.8 Å². The molecule has 2 amide bonds. The lowest BCUT2D eigenvalue weighted by Gasteiger charge is -2.37. The molecule has 3 rings (SSSR count). The maximum Gasteiger partial charge on any atom is 0.271 e. The molecule has 0 bridgehead atoms. The lowest BCUT2D eigenvalue weighted by molar-refractivity contribution is -0.138. The number of nitrogens with zero attached hydrogens (tertiary/aromatic N) is 2. The molecule has 1 aromatic heterocycles. The van der Waals surface area contributed by atoms with Gasteiger partial charge < -0.3 is 14.2 Å². The largest absolute Gasteiger partial charge is 0.448 e. The molecule has 0 aromatic carbocycles. The fraction of sp³-hybridized carbons (Fsp3) is 0.667. The molecule has 1 aromatic rings. The Hall–Kier alpha value is -1.87. The number of carbonyl (C=O) groups is 2. The van der Waals surface area contributed by atoms with Gasteiger partial charge in [0, 0.05) is 38.2 Å². The molecule has 0 aliphatic carbocycles. The van der Waals surface area contributed by atoms with Crippen molar-refractivity contribution in [1.82, 2.24) is 9.80 Å². The Morgan fingerprint density at radius 2 is 1.81 bits per heavy atom. The second-order valence-corrected chi connectivity index (χ2v) is 9.17. The average molecular weight is 397 g/mol. The van der Waals surface area contributed by atoms with Gasteiger partial charge in [0.15, 0.2) is 0 Å². The van der Waals surface area contributed by atoms with Crippen molar-refractivity contribution in [3.05, 3.63) is 17.4 Å². The lowest BCUT2D eigenvalue weighted by atomic mass is 9.92. The van der Waals surface area contributed by atoms with Gasteiger partial charge in [-0.25, -0.2) is 13.6 Å². The first kappa shape index (κ1) is 19.9. The molecule has 2 aliphatic rings. The number of furan rings is 1. The van der Waals surface area contributed by atoms with Crippen LogP contribution in [0.25, 0.3) is 0 Å². The molecular weight excluding hydrogens is 370 g/mol. The minimum absolute atomic E-state index is 0.0511. The highest BCUT2D eigenvalue weighted by Gasteiger charge is 2.33. The number of amides is 2. The SMILES string of the molecule is Cc1oc(S(N)(=O)=O)cc1C(=O)N1CCC(C(=O)N2CCCC(C)C2)CC1. The van der Waals surface area contributed by atoms with Crippen LogP contribution in [0.2, 0.25) is 0 Å². The molecule has 9 heteroatoms. The summed E-state index contributed by atoms with van der Waals surface area (Å²) in [6, 6.07) is 1.18. The van der Waals surface area contributed by atoms with Crippen LogP contribution in [-0.4, -0.2) is 56.2 Å². The van der Waals surface area contributed by atoms with Gasteiger partial charge in [-0.15, -0.1) is 0 Å². The van der Waals surface area contributed by atoms with Crippen molar-refractivity contribution in [2.75, 3.05) is 26.2 Å². The predicted molar refractivity (Wildman–Crippen MR) is 98.4 cm³/mol. The number of primary sulfonamides is 1. The van der Waals surface area contributed by atoms with Crippen molar-refractivity contribution in [3.63, 3.8) is 0 Å². The van der Waals surface area contributed by atoms with E-state index in [1.807, 2.05) is 4.90 Å². The number of sulfonamides is 1. The standard InChI is InChI=1S/C18H27N3O5S/c1-12-4-3-7-21(11-12)17(22)14-5-8-20(9-6-14)18(23)15-10-16(26-13(15)2)27(19,24)25/h10,12,14H,3-9,11H2,1-2H3,(H2,19,24,25).